The van der Waals surface area contributed by atoms with E-state index in [9.17, 15) is 0 Å². The van der Waals surface area contributed by atoms with Gasteiger partial charge in [-0.2, -0.15) is 0 Å². The van der Waals surface area contributed by atoms with E-state index in [1.54, 1.807) is 0 Å². The van der Waals surface area contributed by atoms with Crippen molar-refractivity contribution in [2.75, 3.05) is 12.3 Å². The molecule has 1 nitrogen and oxygen atoms in total. The van der Waals surface area contributed by atoms with Gasteiger partial charge in [0.05, 0.1) is 0 Å². The fraction of sp³-hybridized carbons (Fsp3) is 0.294. The molecular formula is C17H21NS. The second kappa shape index (κ2) is 7.37. The molecule has 0 aromatic heterocycles. The van der Waals surface area contributed by atoms with E-state index in [4.69, 9.17) is 5.73 Å². The van der Waals surface area contributed by atoms with E-state index in [0.717, 1.165) is 18.7 Å². The molecule has 0 heterocycles. The van der Waals surface area contributed by atoms with Crippen molar-refractivity contribution in [3.63, 3.8) is 0 Å². The van der Waals surface area contributed by atoms with Crippen molar-refractivity contribution in [3.8, 4) is 0 Å². The lowest BCUT2D eigenvalue weighted by Gasteiger charge is -2.17. The van der Waals surface area contributed by atoms with Crippen LogP contribution in [0.15, 0.2) is 59.5 Å². The van der Waals surface area contributed by atoms with Crippen molar-refractivity contribution >= 4 is 11.8 Å². The van der Waals surface area contributed by atoms with Gasteiger partial charge in [0, 0.05) is 4.90 Å². The highest BCUT2D eigenvalue weighted by Crippen LogP contribution is 2.26. The van der Waals surface area contributed by atoms with Crippen molar-refractivity contribution in [2.45, 2.75) is 24.2 Å². The minimum Gasteiger partial charge on any atom is -0.330 e. The van der Waals surface area contributed by atoms with Crippen molar-refractivity contribution in [1.29, 1.82) is 0 Å². The van der Waals surface area contributed by atoms with Gasteiger partial charge in [-0.1, -0.05) is 42.5 Å². The highest BCUT2D eigenvalue weighted by molar-refractivity contribution is 7.99. The lowest BCUT2D eigenvalue weighted by Crippen LogP contribution is -2.14. The molecular weight excluding hydrogens is 250 g/mol. The molecule has 0 fully saturated rings. The molecule has 2 heteroatoms. The van der Waals surface area contributed by atoms with Gasteiger partial charge in [0.15, 0.2) is 0 Å². The molecule has 0 radical (unpaired) electrons. The fourth-order valence-corrected chi connectivity index (χ4v) is 3.27. The molecule has 100 valence electrons. The standard InChI is InChI=1S/C17H21NS/c1-14-7-5-6-10-17(14)15(13-18)11-12-19-16-8-3-2-4-9-16/h2-10,15H,11-13,18H2,1H3. The van der Waals surface area contributed by atoms with E-state index in [0.29, 0.717) is 5.92 Å². The van der Waals surface area contributed by atoms with Crippen LogP contribution in [0, 0.1) is 6.92 Å². The Morgan fingerprint density at radius 1 is 1.00 bits per heavy atom. The van der Waals surface area contributed by atoms with Gasteiger partial charge in [-0.15, -0.1) is 11.8 Å². The third kappa shape index (κ3) is 4.12. The van der Waals surface area contributed by atoms with Crippen LogP contribution >= 0.6 is 11.8 Å². The molecule has 2 aromatic carbocycles. The molecule has 0 saturated carbocycles. The summed E-state index contributed by atoms with van der Waals surface area (Å²) in [5, 5.41) is 0. The topological polar surface area (TPSA) is 26.0 Å². The number of hydrogen-bond donors (Lipinski definition) is 1. The predicted octanol–water partition coefficient (Wildman–Crippen LogP) is 4.22. The van der Waals surface area contributed by atoms with Crippen LogP contribution in [0.25, 0.3) is 0 Å². The summed E-state index contributed by atoms with van der Waals surface area (Å²) in [7, 11) is 0. The zero-order valence-electron chi connectivity index (χ0n) is 11.4. The third-order valence-electron chi connectivity index (χ3n) is 3.39. The normalized spacial score (nSPS) is 12.3. The second-order valence-corrected chi connectivity index (χ2v) is 5.91. The fourth-order valence-electron chi connectivity index (χ4n) is 2.28. The Morgan fingerprint density at radius 2 is 1.68 bits per heavy atom. The number of benzene rings is 2. The molecule has 0 aliphatic heterocycles. The van der Waals surface area contributed by atoms with E-state index >= 15 is 0 Å². The van der Waals surface area contributed by atoms with Crippen molar-refractivity contribution < 1.29 is 0 Å². The van der Waals surface area contributed by atoms with Gasteiger partial charge in [0.2, 0.25) is 0 Å². The van der Waals surface area contributed by atoms with Gasteiger partial charge < -0.3 is 5.73 Å². The zero-order valence-corrected chi connectivity index (χ0v) is 12.2. The molecule has 0 saturated heterocycles. The maximum absolute atomic E-state index is 5.94. The molecule has 0 aliphatic carbocycles. The van der Waals surface area contributed by atoms with E-state index in [-0.39, 0.29) is 0 Å². The Labute approximate surface area is 120 Å². The first-order valence-electron chi connectivity index (χ1n) is 6.74. The van der Waals surface area contributed by atoms with Gasteiger partial charge in [-0.25, -0.2) is 0 Å². The molecule has 1 unspecified atom stereocenters. The first kappa shape index (κ1) is 14.2. The maximum atomic E-state index is 5.94. The molecule has 0 spiro atoms. The molecule has 0 amide bonds. The summed E-state index contributed by atoms with van der Waals surface area (Å²) in [5.41, 5.74) is 8.70. The lowest BCUT2D eigenvalue weighted by molar-refractivity contribution is 0.676. The Kier molecular flexibility index (Phi) is 5.49. The number of aryl methyl sites for hydroxylation is 1. The van der Waals surface area contributed by atoms with Crippen LogP contribution in [0.5, 0.6) is 0 Å². The van der Waals surface area contributed by atoms with E-state index in [1.807, 2.05) is 11.8 Å². The van der Waals surface area contributed by atoms with Crippen molar-refractivity contribution in [3.05, 3.63) is 65.7 Å². The van der Waals surface area contributed by atoms with Crippen molar-refractivity contribution in [2.24, 2.45) is 5.73 Å². The highest BCUT2D eigenvalue weighted by Gasteiger charge is 2.11. The minimum atomic E-state index is 0.470. The third-order valence-corrected chi connectivity index (χ3v) is 4.44. The maximum Gasteiger partial charge on any atom is 0.00719 e. The van der Waals surface area contributed by atoms with Crippen LogP contribution in [0.3, 0.4) is 0 Å². The average molecular weight is 271 g/mol. The first-order valence-corrected chi connectivity index (χ1v) is 7.73. The molecule has 2 rings (SSSR count). The van der Waals surface area contributed by atoms with Crippen LogP contribution in [-0.2, 0) is 0 Å². The van der Waals surface area contributed by atoms with Gasteiger partial charge in [-0.3, -0.25) is 0 Å². The Balaban J connectivity index is 1.92. The lowest BCUT2D eigenvalue weighted by atomic mass is 9.93. The summed E-state index contributed by atoms with van der Waals surface area (Å²) in [5.74, 6) is 1.58. The predicted molar refractivity (Wildman–Crippen MR) is 84.8 cm³/mol. The number of nitrogens with two attached hydrogens (primary N) is 1. The van der Waals surface area contributed by atoms with Gasteiger partial charge in [-0.05, 0) is 54.8 Å². The molecule has 2 N–H and O–H groups in total. The van der Waals surface area contributed by atoms with Crippen LogP contribution in [0.4, 0.5) is 0 Å². The first-order chi connectivity index (χ1) is 9.31. The summed E-state index contributed by atoms with van der Waals surface area (Å²) in [6, 6.07) is 19.1. The number of thioether (sulfide) groups is 1. The smallest absolute Gasteiger partial charge is 0.00719 e. The zero-order chi connectivity index (χ0) is 13.5. The summed E-state index contributed by atoms with van der Waals surface area (Å²) < 4.78 is 0. The Bertz CT molecular complexity index is 496. The summed E-state index contributed by atoms with van der Waals surface area (Å²) in [6.45, 7) is 2.89. The van der Waals surface area contributed by atoms with Gasteiger partial charge >= 0.3 is 0 Å². The van der Waals surface area contributed by atoms with Crippen LogP contribution in [0.2, 0.25) is 0 Å². The van der Waals surface area contributed by atoms with E-state index in [1.165, 1.54) is 16.0 Å². The van der Waals surface area contributed by atoms with Gasteiger partial charge in [0.25, 0.3) is 0 Å². The summed E-state index contributed by atoms with van der Waals surface area (Å²) in [4.78, 5) is 1.34. The Morgan fingerprint density at radius 3 is 2.37 bits per heavy atom. The summed E-state index contributed by atoms with van der Waals surface area (Å²) >= 11 is 1.91. The van der Waals surface area contributed by atoms with Gasteiger partial charge in [0.1, 0.15) is 0 Å². The van der Waals surface area contributed by atoms with E-state index < -0.39 is 0 Å². The van der Waals surface area contributed by atoms with Crippen molar-refractivity contribution in [1.82, 2.24) is 0 Å². The summed E-state index contributed by atoms with van der Waals surface area (Å²) in [6.07, 6.45) is 1.13. The quantitative estimate of drug-likeness (QED) is 0.796. The molecule has 2 aromatic rings. The average Bonchev–Trinajstić information content (AvgIpc) is 2.46. The minimum absolute atomic E-state index is 0.470. The number of hydrogen-bond acceptors (Lipinski definition) is 2. The molecule has 0 bridgehead atoms. The van der Waals surface area contributed by atoms with Crippen LogP contribution < -0.4 is 5.73 Å². The van der Waals surface area contributed by atoms with Crippen LogP contribution in [0.1, 0.15) is 23.5 Å². The number of rotatable bonds is 6. The second-order valence-electron chi connectivity index (χ2n) is 4.74. The molecule has 19 heavy (non-hydrogen) atoms. The highest BCUT2D eigenvalue weighted by atomic mass is 32.2. The largest absolute Gasteiger partial charge is 0.330 e. The molecule has 0 aliphatic rings. The monoisotopic (exact) mass is 271 g/mol. The molecule has 1 atom stereocenters. The Hall–Kier alpha value is -1.25. The van der Waals surface area contributed by atoms with Crippen LogP contribution in [-0.4, -0.2) is 12.3 Å². The SMILES string of the molecule is Cc1ccccc1C(CN)CCSc1ccccc1. The van der Waals surface area contributed by atoms with E-state index in [2.05, 4.69) is 61.5 Å².